The van der Waals surface area contributed by atoms with Gasteiger partial charge < -0.3 is 14.8 Å². The van der Waals surface area contributed by atoms with Crippen LogP contribution < -0.4 is 10.1 Å². The molecule has 1 fully saturated rings. The van der Waals surface area contributed by atoms with Crippen molar-refractivity contribution in [3.63, 3.8) is 0 Å². The zero-order chi connectivity index (χ0) is 14.0. The van der Waals surface area contributed by atoms with Crippen molar-refractivity contribution in [2.45, 2.75) is 12.8 Å². The van der Waals surface area contributed by atoms with Crippen LogP contribution in [-0.4, -0.2) is 26.1 Å². The number of hydrogen-bond acceptors (Lipinski definition) is 4. The molecule has 2 rings (SSSR count). The van der Waals surface area contributed by atoms with Gasteiger partial charge in [-0.05, 0) is 31.0 Å². The Morgan fingerprint density at radius 2 is 2.00 bits per heavy atom. The van der Waals surface area contributed by atoms with Crippen molar-refractivity contribution in [1.82, 2.24) is 0 Å². The quantitative estimate of drug-likeness (QED) is 0.681. The highest BCUT2D eigenvalue weighted by Crippen LogP contribution is 2.48. The first-order valence-corrected chi connectivity index (χ1v) is 6.56. The Balaban J connectivity index is 2.20. The highest BCUT2D eigenvalue weighted by atomic mass is 79.9. The van der Waals surface area contributed by atoms with Gasteiger partial charge in [-0.3, -0.25) is 9.59 Å². The van der Waals surface area contributed by atoms with E-state index in [0.29, 0.717) is 24.3 Å². The molecule has 0 heterocycles. The van der Waals surface area contributed by atoms with Crippen molar-refractivity contribution in [3.05, 3.63) is 22.7 Å². The Bertz CT molecular complexity index is 525. The molecule has 1 amide bonds. The van der Waals surface area contributed by atoms with Gasteiger partial charge in [-0.15, -0.1) is 0 Å². The maximum absolute atomic E-state index is 12.2. The Morgan fingerprint density at radius 3 is 2.53 bits per heavy atom. The van der Waals surface area contributed by atoms with Gasteiger partial charge in [-0.2, -0.15) is 0 Å². The van der Waals surface area contributed by atoms with Crippen LogP contribution in [0.25, 0.3) is 0 Å². The van der Waals surface area contributed by atoms with Crippen LogP contribution >= 0.6 is 15.9 Å². The molecule has 0 saturated heterocycles. The number of nitrogens with one attached hydrogen (secondary N) is 1. The summed E-state index contributed by atoms with van der Waals surface area (Å²) in [6.45, 7) is 0. The summed E-state index contributed by atoms with van der Waals surface area (Å²) in [6, 6.07) is 5.27. The number of amides is 1. The SMILES string of the molecule is COC(=O)C1(C(=O)Nc2cc(Br)ccc2OC)CC1. The molecule has 1 aromatic carbocycles. The van der Waals surface area contributed by atoms with Crippen molar-refractivity contribution in [2.24, 2.45) is 5.41 Å². The van der Waals surface area contributed by atoms with Gasteiger partial charge in [0.1, 0.15) is 11.2 Å². The average Bonchev–Trinajstić information content (AvgIpc) is 3.19. The molecule has 1 saturated carbocycles. The number of carbonyl (C=O) groups excluding carboxylic acids is 2. The molecule has 5 nitrogen and oxygen atoms in total. The largest absolute Gasteiger partial charge is 0.495 e. The molecule has 0 bridgehead atoms. The molecule has 0 spiro atoms. The molecule has 6 heteroatoms. The number of halogens is 1. The van der Waals surface area contributed by atoms with Gasteiger partial charge in [0.25, 0.3) is 0 Å². The molecule has 0 radical (unpaired) electrons. The van der Waals surface area contributed by atoms with E-state index in [1.807, 2.05) is 6.07 Å². The molecule has 1 aliphatic rings. The smallest absolute Gasteiger partial charge is 0.321 e. The molecule has 0 atom stereocenters. The van der Waals surface area contributed by atoms with Gasteiger partial charge in [0.05, 0.1) is 19.9 Å². The third kappa shape index (κ3) is 2.58. The number of ether oxygens (including phenoxy) is 2. The monoisotopic (exact) mass is 327 g/mol. The molecule has 0 unspecified atom stereocenters. The van der Waals surface area contributed by atoms with Crippen LogP contribution in [0.1, 0.15) is 12.8 Å². The van der Waals surface area contributed by atoms with Gasteiger partial charge in [-0.25, -0.2) is 0 Å². The molecule has 0 aromatic heterocycles. The minimum Gasteiger partial charge on any atom is -0.495 e. The van der Waals surface area contributed by atoms with Crippen LogP contribution in [0.2, 0.25) is 0 Å². The van der Waals surface area contributed by atoms with E-state index in [1.54, 1.807) is 12.1 Å². The maximum Gasteiger partial charge on any atom is 0.321 e. The van der Waals surface area contributed by atoms with E-state index in [4.69, 9.17) is 4.74 Å². The lowest BCUT2D eigenvalue weighted by atomic mass is 10.1. The van der Waals surface area contributed by atoms with E-state index in [0.717, 1.165) is 4.47 Å². The molecule has 1 aliphatic carbocycles. The van der Waals surface area contributed by atoms with E-state index in [1.165, 1.54) is 14.2 Å². The Labute approximate surface area is 119 Å². The normalized spacial score (nSPS) is 15.5. The topological polar surface area (TPSA) is 64.6 Å². The fourth-order valence-electron chi connectivity index (χ4n) is 1.86. The number of hydrogen-bond donors (Lipinski definition) is 1. The molecule has 1 aromatic rings. The van der Waals surface area contributed by atoms with E-state index < -0.39 is 11.4 Å². The van der Waals surface area contributed by atoms with Gasteiger partial charge in [-0.1, -0.05) is 15.9 Å². The number of benzene rings is 1. The number of esters is 1. The fourth-order valence-corrected chi connectivity index (χ4v) is 2.23. The summed E-state index contributed by atoms with van der Waals surface area (Å²) in [4.78, 5) is 23.8. The second kappa shape index (κ2) is 5.21. The molecule has 19 heavy (non-hydrogen) atoms. The Morgan fingerprint density at radius 1 is 1.32 bits per heavy atom. The lowest BCUT2D eigenvalue weighted by Gasteiger charge is -2.15. The summed E-state index contributed by atoms with van der Waals surface area (Å²) in [5.41, 5.74) is -0.501. The minimum atomic E-state index is -1.03. The lowest BCUT2D eigenvalue weighted by Crippen LogP contribution is -2.32. The highest BCUT2D eigenvalue weighted by Gasteiger charge is 2.57. The number of rotatable bonds is 4. The first-order chi connectivity index (χ1) is 9.03. The van der Waals surface area contributed by atoms with Crippen LogP contribution in [0, 0.1) is 5.41 Å². The van der Waals surface area contributed by atoms with Crippen LogP contribution in [0.4, 0.5) is 5.69 Å². The summed E-state index contributed by atoms with van der Waals surface area (Å²) in [5.74, 6) is -0.299. The average molecular weight is 328 g/mol. The van der Waals surface area contributed by atoms with Crippen LogP contribution in [0.3, 0.4) is 0 Å². The number of methoxy groups -OCH3 is 2. The predicted octanol–water partition coefficient (Wildman–Crippen LogP) is 2.35. The maximum atomic E-state index is 12.2. The lowest BCUT2D eigenvalue weighted by molar-refractivity contribution is -0.150. The Hall–Kier alpha value is -1.56. The summed E-state index contributed by atoms with van der Waals surface area (Å²) in [7, 11) is 2.81. The van der Waals surface area contributed by atoms with Gasteiger partial charge in [0, 0.05) is 4.47 Å². The summed E-state index contributed by atoms with van der Waals surface area (Å²) < 4.78 is 10.7. The molecule has 102 valence electrons. The number of carbonyl (C=O) groups is 2. The van der Waals surface area contributed by atoms with Crippen LogP contribution in [0.5, 0.6) is 5.75 Å². The second-order valence-corrected chi connectivity index (χ2v) is 5.29. The third-order valence-corrected chi connectivity index (χ3v) is 3.66. The highest BCUT2D eigenvalue weighted by molar-refractivity contribution is 9.10. The first kappa shape index (κ1) is 13.9. The Kier molecular flexibility index (Phi) is 3.80. The first-order valence-electron chi connectivity index (χ1n) is 5.77. The van der Waals surface area contributed by atoms with Crippen molar-refractivity contribution < 1.29 is 19.1 Å². The van der Waals surface area contributed by atoms with Crippen LogP contribution in [0.15, 0.2) is 22.7 Å². The standard InChI is InChI=1S/C13H14BrNO4/c1-18-10-4-3-8(14)7-9(10)15-11(16)13(5-6-13)12(17)19-2/h3-4,7H,5-6H2,1-2H3,(H,15,16). The van der Waals surface area contributed by atoms with Crippen molar-refractivity contribution in [2.75, 3.05) is 19.5 Å². The molecular formula is C13H14BrNO4. The third-order valence-electron chi connectivity index (χ3n) is 3.17. The van der Waals surface area contributed by atoms with Crippen molar-refractivity contribution >= 4 is 33.5 Å². The molecule has 0 aliphatic heterocycles. The van der Waals surface area contributed by atoms with E-state index >= 15 is 0 Å². The fraction of sp³-hybridized carbons (Fsp3) is 0.385. The van der Waals surface area contributed by atoms with Crippen LogP contribution in [-0.2, 0) is 14.3 Å². The molecular weight excluding hydrogens is 314 g/mol. The summed E-state index contributed by atoms with van der Waals surface area (Å²) in [6.07, 6.45) is 1.03. The minimum absolute atomic E-state index is 0.351. The van der Waals surface area contributed by atoms with Gasteiger partial charge in [0.15, 0.2) is 0 Å². The summed E-state index contributed by atoms with van der Waals surface area (Å²) >= 11 is 3.33. The van der Waals surface area contributed by atoms with E-state index in [2.05, 4.69) is 26.0 Å². The van der Waals surface area contributed by atoms with Crippen molar-refractivity contribution in [1.29, 1.82) is 0 Å². The van der Waals surface area contributed by atoms with E-state index in [-0.39, 0.29) is 5.91 Å². The zero-order valence-electron chi connectivity index (χ0n) is 10.7. The zero-order valence-corrected chi connectivity index (χ0v) is 12.2. The predicted molar refractivity (Wildman–Crippen MR) is 73.0 cm³/mol. The van der Waals surface area contributed by atoms with Gasteiger partial charge >= 0.3 is 5.97 Å². The van der Waals surface area contributed by atoms with Gasteiger partial charge in [0.2, 0.25) is 5.91 Å². The number of anilines is 1. The second-order valence-electron chi connectivity index (χ2n) is 4.37. The summed E-state index contributed by atoms with van der Waals surface area (Å²) in [5, 5.41) is 2.73. The molecule has 1 N–H and O–H groups in total. The van der Waals surface area contributed by atoms with Crippen molar-refractivity contribution in [3.8, 4) is 5.75 Å². The van der Waals surface area contributed by atoms with E-state index in [9.17, 15) is 9.59 Å².